The Hall–Kier alpha value is -0.570. The Kier molecular flexibility index (Phi) is 2.23. The van der Waals surface area contributed by atoms with E-state index >= 15 is 0 Å². The number of hydrogen-bond donors (Lipinski definition) is 1. The zero-order valence-electron chi connectivity index (χ0n) is 9.20. The van der Waals surface area contributed by atoms with Crippen LogP contribution in [0.15, 0.2) is 6.20 Å². The normalized spacial score (nSPS) is 21.2. The number of aryl methyl sites for hydroxylation is 1. The fourth-order valence-electron chi connectivity index (χ4n) is 2.65. The fourth-order valence-corrected chi connectivity index (χ4v) is 2.93. The summed E-state index contributed by atoms with van der Waals surface area (Å²) in [6, 6.07) is 0. The molecule has 0 aromatic carbocycles. The van der Waals surface area contributed by atoms with Gasteiger partial charge >= 0.3 is 0 Å². The summed E-state index contributed by atoms with van der Waals surface area (Å²) in [5.74, 6) is 2.92. The van der Waals surface area contributed by atoms with Gasteiger partial charge in [-0.1, -0.05) is 0 Å². The second-order valence-corrected chi connectivity index (χ2v) is 5.57. The Morgan fingerprint density at radius 1 is 1.40 bits per heavy atom. The van der Waals surface area contributed by atoms with Crippen LogP contribution in [-0.2, 0) is 6.54 Å². The summed E-state index contributed by atoms with van der Waals surface area (Å²) < 4.78 is 3.19. The molecule has 3 heteroatoms. The molecule has 0 amide bonds. The SMILES string of the molecule is Cc1c[nH]c(=S)n1CC(C1CC1)C1CC1. The highest BCUT2D eigenvalue weighted by molar-refractivity contribution is 7.71. The first kappa shape index (κ1) is 9.64. The molecule has 2 aliphatic carbocycles. The van der Waals surface area contributed by atoms with E-state index in [9.17, 15) is 0 Å². The van der Waals surface area contributed by atoms with Gasteiger partial charge in [0.2, 0.25) is 0 Å². The van der Waals surface area contributed by atoms with Gasteiger partial charge in [0.05, 0.1) is 0 Å². The lowest BCUT2D eigenvalue weighted by Crippen LogP contribution is -2.15. The van der Waals surface area contributed by atoms with E-state index in [1.165, 1.54) is 31.4 Å². The van der Waals surface area contributed by atoms with E-state index in [4.69, 9.17) is 12.2 Å². The number of nitrogens with one attached hydrogen (secondary N) is 1. The van der Waals surface area contributed by atoms with Crippen molar-refractivity contribution in [2.75, 3.05) is 0 Å². The molecule has 2 aliphatic rings. The van der Waals surface area contributed by atoms with Crippen molar-refractivity contribution in [3.05, 3.63) is 16.7 Å². The molecule has 0 aliphatic heterocycles. The monoisotopic (exact) mass is 222 g/mol. The van der Waals surface area contributed by atoms with E-state index in [1.54, 1.807) is 0 Å². The molecule has 82 valence electrons. The minimum atomic E-state index is 0.902. The van der Waals surface area contributed by atoms with Gasteiger partial charge in [-0.3, -0.25) is 0 Å². The predicted molar refractivity (Wildman–Crippen MR) is 63.3 cm³/mol. The number of rotatable bonds is 4. The van der Waals surface area contributed by atoms with Crippen LogP contribution in [0.1, 0.15) is 31.4 Å². The van der Waals surface area contributed by atoms with Crippen molar-refractivity contribution in [1.29, 1.82) is 0 Å². The van der Waals surface area contributed by atoms with Gasteiger partial charge in [0, 0.05) is 18.4 Å². The molecular formula is C12H18N2S. The summed E-state index contributed by atoms with van der Waals surface area (Å²) in [7, 11) is 0. The van der Waals surface area contributed by atoms with Crippen LogP contribution in [0.3, 0.4) is 0 Å². The molecule has 2 nitrogen and oxygen atoms in total. The largest absolute Gasteiger partial charge is 0.337 e. The number of imidazole rings is 1. The lowest BCUT2D eigenvalue weighted by molar-refractivity contribution is 0.344. The molecule has 0 bridgehead atoms. The number of nitrogens with zero attached hydrogens (tertiary/aromatic N) is 1. The lowest BCUT2D eigenvalue weighted by Gasteiger charge is -2.17. The second kappa shape index (κ2) is 3.48. The molecule has 0 radical (unpaired) electrons. The van der Waals surface area contributed by atoms with Crippen molar-refractivity contribution >= 4 is 12.2 Å². The van der Waals surface area contributed by atoms with Crippen LogP contribution in [0, 0.1) is 29.4 Å². The van der Waals surface area contributed by atoms with Crippen LogP contribution in [0.25, 0.3) is 0 Å². The molecule has 15 heavy (non-hydrogen) atoms. The highest BCUT2D eigenvalue weighted by Gasteiger charge is 2.41. The van der Waals surface area contributed by atoms with E-state index < -0.39 is 0 Å². The number of aromatic nitrogens is 2. The van der Waals surface area contributed by atoms with Gasteiger partial charge in [0.25, 0.3) is 0 Å². The van der Waals surface area contributed by atoms with Crippen LogP contribution >= 0.6 is 12.2 Å². The predicted octanol–water partition coefficient (Wildman–Crippen LogP) is 3.29. The zero-order chi connectivity index (χ0) is 10.4. The van der Waals surface area contributed by atoms with Crippen LogP contribution in [-0.4, -0.2) is 9.55 Å². The summed E-state index contributed by atoms with van der Waals surface area (Å²) in [4.78, 5) is 3.14. The van der Waals surface area contributed by atoms with Crippen molar-refractivity contribution in [2.24, 2.45) is 17.8 Å². The Balaban J connectivity index is 1.80. The quantitative estimate of drug-likeness (QED) is 0.775. The van der Waals surface area contributed by atoms with Gasteiger partial charge in [-0.15, -0.1) is 0 Å². The van der Waals surface area contributed by atoms with Gasteiger partial charge in [-0.2, -0.15) is 0 Å². The van der Waals surface area contributed by atoms with Gasteiger partial charge in [0.15, 0.2) is 4.77 Å². The third-order valence-electron chi connectivity index (χ3n) is 3.92. The third kappa shape index (κ3) is 1.89. The minimum Gasteiger partial charge on any atom is -0.337 e. The number of hydrogen-bond acceptors (Lipinski definition) is 1. The molecule has 0 atom stereocenters. The van der Waals surface area contributed by atoms with Gasteiger partial charge in [-0.25, -0.2) is 0 Å². The molecule has 2 fully saturated rings. The smallest absolute Gasteiger partial charge is 0.177 e. The first-order valence-electron chi connectivity index (χ1n) is 6.00. The first-order valence-corrected chi connectivity index (χ1v) is 6.41. The number of H-pyrrole nitrogens is 1. The van der Waals surface area contributed by atoms with E-state index in [0.29, 0.717) is 0 Å². The molecule has 1 aromatic heterocycles. The highest BCUT2D eigenvalue weighted by Crippen LogP contribution is 2.49. The molecule has 1 N–H and O–H groups in total. The lowest BCUT2D eigenvalue weighted by atomic mass is 9.98. The standard InChI is InChI=1S/C12H18N2S/c1-8-6-13-12(15)14(8)7-11(9-2-3-9)10-4-5-10/h6,9-11H,2-5,7H2,1H3,(H,13,15). The third-order valence-corrected chi connectivity index (χ3v) is 4.26. The van der Waals surface area contributed by atoms with Gasteiger partial charge < -0.3 is 9.55 Å². The van der Waals surface area contributed by atoms with E-state index in [0.717, 1.165) is 29.1 Å². The zero-order valence-corrected chi connectivity index (χ0v) is 10.0. The average molecular weight is 222 g/mol. The van der Waals surface area contributed by atoms with E-state index in [1.807, 2.05) is 6.20 Å². The Labute approximate surface area is 95.7 Å². The van der Waals surface area contributed by atoms with E-state index in [-0.39, 0.29) is 0 Å². The van der Waals surface area contributed by atoms with Gasteiger partial charge in [-0.05, 0) is 62.6 Å². The van der Waals surface area contributed by atoms with E-state index in [2.05, 4.69) is 16.5 Å². The maximum absolute atomic E-state index is 5.31. The Bertz CT molecular complexity index is 398. The molecule has 3 rings (SSSR count). The van der Waals surface area contributed by atoms with Crippen LogP contribution < -0.4 is 0 Å². The van der Waals surface area contributed by atoms with Crippen LogP contribution in [0.5, 0.6) is 0 Å². The number of aromatic amines is 1. The summed E-state index contributed by atoms with van der Waals surface area (Å²) in [6.07, 6.45) is 7.85. The van der Waals surface area contributed by atoms with Crippen molar-refractivity contribution in [1.82, 2.24) is 9.55 Å². The molecule has 0 unspecified atom stereocenters. The van der Waals surface area contributed by atoms with Crippen molar-refractivity contribution in [3.8, 4) is 0 Å². The average Bonchev–Trinajstić information content (AvgIpc) is 3.09. The molecule has 0 saturated heterocycles. The molecule has 2 saturated carbocycles. The topological polar surface area (TPSA) is 20.7 Å². The first-order chi connectivity index (χ1) is 7.25. The molecule has 1 aromatic rings. The molecule has 1 heterocycles. The van der Waals surface area contributed by atoms with Gasteiger partial charge in [0.1, 0.15) is 0 Å². The van der Waals surface area contributed by atoms with Crippen LogP contribution in [0.4, 0.5) is 0 Å². The summed E-state index contributed by atoms with van der Waals surface area (Å²) in [6.45, 7) is 3.30. The second-order valence-electron chi connectivity index (χ2n) is 5.18. The van der Waals surface area contributed by atoms with Crippen molar-refractivity contribution in [2.45, 2.75) is 39.2 Å². The maximum atomic E-state index is 5.31. The van der Waals surface area contributed by atoms with Crippen molar-refractivity contribution < 1.29 is 0 Å². The Morgan fingerprint density at radius 3 is 2.40 bits per heavy atom. The summed E-state index contributed by atoms with van der Waals surface area (Å²) in [5, 5.41) is 0. The highest BCUT2D eigenvalue weighted by atomic mass is 32.1. The fraction of sp³-hybridized carbons (Fsp3) is 0.750. The minimum absolute atomic E-state index is 0.902. The maximum Gasteiger partial charge on any atom is 0.177 e. The summed E-state index contributed by atoms with van der Waals surface area (Å²) >= 11 is 5.31. The van der Waals surface area contributed by atoms with Crippen LogP contribution in [0.2, 0.25) is 0 Å². The molecular weight excluding hydrogens is 204 g/mol. The van der Waals surface area contributed by atoms with Crippen molar-refractivity contribution in [3.63, 3.8) is 0 Å². The molecule has 0 spiro atoms. The summed E-state index contributed by atoms with van der Waals surface area (Å²) in [5.41, 5.74) is 1.28. The Morgan fingerprint density at radius 2 is 2.00 bits per heavy atom.